The van der Waals surface area contributed by atoms with Gasteiger partial charge >= 0.3 is 0 Å². The Morgan fingerprint density at radius 1 is 1.25 bits per heavy atom. The first-order valence-corrected chi connectivity index (χ1v) is 10.2. The number of piperidine rings is 1. The number of Topliss-reactive ketones (excluding diaryl/α,β-unsaturated/α-hetero) is 1. The standard InChI is InChI=1S/C23H28N4O/c1-16-18-14-23(15-24,21(28)22(2,3)4)19-12-8-9-13-26(19)20(18)27(25-16)17-10-6-5-7-11-17/h5-7,10-11,19H,8-9,12-14H2,1-4H3/t19-,23+/m0/s1. The Bertz CT molecular complexity index is 947. The van der Waals surface area contributed by atoms with Gasteiger partial charge in [-0.3, -0.25) is 4.79 Å². The lowest BCUT2D eigenvalue weighted by Crippen LogP contribution is -2.60. The van der Waals surface area contributed by atoms with Crippen LogP contribution < -0.4 is 4.90 Å². The molecular formula is C23H28N4O. The molecule has 5 heteroatoms. The van der Waals surface area contributed by atoms with Crippen LogP contribution in [-0.4, -0.2) is 28.2 Å². The van der Waals surface area contributed by atoms with Gasteiger partial charge in [-0.1, -0.05) is 39.0 Å². The van der Waals surface area contributed by atoms with Crippen molar-refractivity contribution in [2.75, 3.05) is 11.4 Å². The van der Waals surface area contributed by atoms with Crippen molar-refractivity contribution in [1.82, 2.24) is 9.78 Å². The highest BCUT2D eigenvalue weighted by Crippen LogP contribution is 2.49. The van der Waals surface area contributed by atoms with Crippen LogP contribution in [0.3, 0.4) is 0 Å². The third kappa shape index (κ3) is 2.66. The highest BCUT2D eigenvalue weighted by Gasteiger charge is 2.56. The van der Waals surface area contributed by atoms with Gasteiger partial charge in [0.05, 0.1) is 23.5 Å². The normalized spacial score (nSPS) is 24.2. The van der Waals surface area contributed by atoms with Gasteiger partial charge in [0.25, 0.3) is 0 Å². The number of carbonyl (C=O) groups is 1. The van der Waals surface area contributed by atoms with Gasteiger partial charge in [0.1, 0.15) is 11.2 Å². The molecule has 146 valence electrons. The van der Waals surface area contributed by atoms with Crippen LogP contribution in [0, 0.1) is 29.1 Å². The molecule has 0 radical (unpaired) electrons. The molecule has 0 amide bonds. The number of aryl methyl sites for hydroxylation is 1. The van der Waals surface area contributed by atoms with E-state index in [4.69, 9.17) is 5.10 Å². The van der Waals surface area contributed by atoms with Crippen LogP contribution in [0.1, 0.15) is 51.3 Å². The number of para-hydroxylation sites is 1. The summed E-state index contributed by atoms with van der Waals surface area (Å²) in [4.78, 5) is 15.9. The van der Waals surface area contributed by atoms with E-state index in [0.29, 0.717) is 6.42 Å². The zero-order chi connectivity index (χ0) is 20.1. The van der Waals surface area contributed by atoms with Crippen molar-refractivity contribution in [2.24, 2.45) is 10.8 Å². The van der Waals surface area contributed by atoms with Gasteiger partial charge < -0.3 is 4.90 Å². The van der Waals surface area contributed by atoms with E-state index in [9.17, 15) is 10.1 Å². The Kier molecular flexibility index (Phi) is 4.33. The number of hydrogen-bond acceptors (Lipinski definition) is 4. The molecule has 1 fully saturated rings. The SMILES string of the molecule is Cc1nn(-c2ccccc2)c2c1C[C@](C#N)(C(=O)C(C)(C)C)[C@@H]1CCCCN21. The molecular weight excluding hydrogens is 348 g/mol. The number of rotatable bonds is 2. The van der Waals surface area contributed by atoms with E-state index >= 15 is 0 Å². The summed E-state index contributed by atoms with van der Waals surface area (Å²) in [7, 11) is 0. The van der Waals surface area contributed by atoms with E-state index < -0.39 is 10.8 Å². The summed E-state index contributed by atoms with van der Waals surface area (Å²) in [5.41, 5.74) is 1.40. The van der Waals surface area contributed by atoms with Crippen molar-refractivity contribution in [3.8, 4) is 11.8 Å². The average Bonchev–Trinajstić information content (AvgIpc) is 3.03. The third-order valence-corrected chi connectivity index (χ3v) is 6.24. The summed E-state index contributed by atoms with van der Waals surface area (Å²) >= 11 is 0. The van der Waals surface area contributed by atoms with Crippen LogP contribution in [0.25, 0.3) is 5.69 Å². The molecule has 1 aromatic carbocycles. The number of fused-ring (bicyclic) bond motifs is 3. The minimum Gasteiger partial charge on any atom is -0.351 e. The predicted octanol–water partition coefficient (Wildman–Crippen LogP) is 4.22. The van der Waals surface area contributed by atoms with Gasteiger partial charge in [-0.15, -0.1) is 0 Å². The van der Waals surface area contributed by atoms with Crippen LogP contribution >= 0.6 is 0 Å². The van der Waals surface area contributed by atoms with Crippen molar-refractivity contribution in [2.45, 2.75) is 59.4 Å². The van der Waals surface area contributed by atoms with Crippen LogP contribution in [0.2, 0.25) is 0 Å². The summed E-state index contributed by atoms with van der Waals surface area (Å²) in [6.45, 7) is 8.63. The number of nitriles is 1. The van der Waals surface area contributed by atoms with Crippen LogP contribution in [0.5, 0.6) is 0 Å². The largest absolute Gasteiger partial charge is 0.351 e. The minimum absolute atomic E-state index is 0.0527. The fourth-order valence-electron chi connectivity index (χ4n) is 4.96. The maximum absolute atomic E-state index is 13.5. The molecule has 2 aliphatic rings. The Balaban J connectivity index is 1.93. The number of benzene rings is 1. The number of ketones is 1. The zero-order valence-electron chi connectivity index (χ0n) is 17.2. The van der Waals surface area contributed by atoms with Gasteiger partial charge in [0.15, 0.2) is 5.78 Å². The van der Waals surface area contributed by atoms with Gasteiger partial charge in [0.2, 0.25) is 0 Å². The Labute approximate surface area is 167 Å². The maximum atomic E-state index is 13.5. The Morgan fingerprint density at radius 3 is 2.61 bits per heavy atom. The summed E-state index contributed by atoms with van der Waals surface area (Å²) < 4.78 is 2.01. The van der Waals surface area contributed by atoms with E-state index in [-0.39, 0.29) is 11.8 Å². The number of carbonyl (C=O) groups excluding carboxylic acids is 1. The lowest BCUT2D eigenvalue weighted by atomic mass is 9.62. The zero-order valence-corrected chi connectivity index (χ0v) is 17.2. The number of hydrogen-bond donors (Lipinski definition) is 0. The van der Waals surface area contributed by atoms with E-state index in [0.717, 1.165) is 48.6 Å². The number of anilines is 1. The van der Waals surface area contributed by atoms with Crippen molar-refractivity contribution in [3.63, 3.8) is 0 Å². The molecule has 1 aromatic heterocycles. The molecule has 0 N–H and O–H groups in total. The van der Waals surface area contributed by atoms with Crippen molar-refractivity contribution in [3.05, 3.63) is 41.6 Å². The Morgan fingerprint density at radius 2 is 1.96 bits per heavy atom. The van der Waals surface area contributed by atoms with Crippen molar-refractivity contribution >= 4 is 11.6 Å². The fraction of sp³-hybridized carbons (Fsp3) is 0.522. The maximum Gasteiger partial charge on any atom is 0.160 e. The van der Waals surface area contributed by atoms with Crippen molar-refractivity contribution < 1.29 is 4.79 Å². The first-order chi connectivity index (χ1) is 13.3. The van der Waals surface area contributed by atoms with E-state index in [1.165, 1.54) is 0 Å². The molecule has 0 spiro atoms. The average molecular weight is 377 g/mol. The predicted molar refractivity (Wildman–Crippen MR) is 109 cm³/mol. The lowest BCUT2D eigenvalue weighted by Gasteiger charge is -2.50. The van der Waals surface area contributed by atoms with Crippen LogP contribution in [0.4, 0.5) is 5.82 Å². The molecule has 4 rings (SSSR count). The summed E-state index contributed by atoms with van der Waals surface area (Å²) in [6, 6.07) is 12.5. The van der Waals surface area contributed by atoms with Gasteiger partial charge in [-0.25, -0.2) is 4.68 Å². The molecule has 1 saturated heterocycles. The fourth-order valence-corrected chi connectivity index (χ4v) is 4.96. The third-order valence-electron chi connectivity index (χ3n) is 6.24. The quantitative estimate of drug-likeness (QED) is 0.787. The first-order valence-electron chi connectivity index (χ1n) is 10.2. The summed E-state index contributed by atoms with van der Waals surface area (Å²) in [6.07, 6.45) is 3.44. The molecule has 5 nitrogen and oxygen atoms in total. The van der Waals surface area contributed by atoms with Crippen molar-refractivity contribution in [1.29, 1.82) is 5.26 Å². The molecule has 28 heavy (non-hydrogen) atoms. The number of aromatic nitrogens is 2. The first kappa shape index (κ1) is 18.7. The van der Waals surface area contributed by atoms with Crippen LogP contribution in [-0.2, 0) is 11.2 Å². The smallest absolute Gasteiger partial charge is 0.160 e. The summed E-state index contributed by atoms with van der Waals surface area (Å²) in [5, 5.41) is 15.2. The molecule has 0 saturated carbocycles. The van der Waals surface area contributed by atoms with E-state index in [1.807, 2.05) is 50.6 Å². The minimum atomic E-state index is -1.01. The second-order valence-electron chi connectivity index (χ2n) is 9.18. The van der Waals surface area contributed by atoms with E-state index in [2.05, 4.69) is 23.1 Å². The molecule has 0 bridgehead atoms. The Hall–Kier alpha value is -2.61. The van der Waals surface area contributed by atoms with E-state index in [1.54, 1.807) is 0 Å². The molecule has 2 atom stereocenters. The van der Waals surface area contributed by atoms with Gasteiger partial charge in [-0.2, -0.15) is 10.4 Å². The molecule has 2 aliphatic heterocycles. The highest BCUT2D eigenvalue weighted by atomic mass is 16.1. The molecule has 2 aromatic rings. The number of nitrogens with zero attached hydrogens (tertiary/aromatic N) is 4. The monoisotopic (exact) mass is 376 g/mol. The second-order valence-corrected chi connectivity index (χ2v) is 9.18. The van der Waals surface area contributed by atoms with Gasteiger partial charge in [0, 0.05) is 23.9 Å². The topological polar surface area (TPSA) is 61.9 Å². The van der Waals surface area contributed by atoms with Crippen LogP contribution in [0.15, 0.2) is 30.3 Å². The highest BCUT2D eigenvalue weighted by molar-refractivity contribution is 5.94. The molecule has 0 aliphatic carbocycles. The molecule has 3 heterocycles. The summed E-state index contributed by atoms with van der Waals surface area (Å²) in [5.74, 6) is 1.12. The van der Waals surface area contributed by atoms with Gasteiger partial charge in [-0.05, 0) is 38.3 Å². The lowest BCUT2D eigenvalue weighted by molar-refractivity contribution is -0.135. The second kappa shape index (κ2) is 6.48. The molecule has 0 unspecified atom stereocenters.